The predicted octanol–water partition coefficient (Wildman–Crippen LogP) is 2.46. The Bertz CT molecular complexity index is 996. The van der Waals surface area contributed by atoms with Crippen molar-refractivity contribution in [1.82, 2.24) is 10.2 Å². The highest BCUT2D eigenvalue weighted by molar-refractivity contribution is 5.99. The lowest BCUT2D eigenvalue weighted by Gasteiger charge is -2.36. The molecule has 0 unspecified atom stereocenters. The van der Waals surface area contributed by atoms with E-state index in [0.717, 1.165) is 23.8 Å². The Morgan fingerprint density at radius 2 is 1.90 bits per heavy atom. The third-order valence-corrected chi connectivity index (χ3v) is 5.53. The van der Waals surface area contributed by atoms with Crippen LogP contribution in [0.2, 0.25) is 0 Å². The third kappa shape index (κ3) is 4.46. The predicted molar refractivity (Wildman–Crippen MR) is 109 cm³/mol. The highest BCUT2D eigenvalue weighted by Gasteiger charge is 2.33. The summed E-state index contributed by atoms with van der Waals surface area (Å²) < 4.78 is 32.3. The van der Waals surface area contributed by atoms with Crippen molar-refractivity contribution in [2.45, 2.75) is 25.6 Å². The molecule has 7 nitrogen and oxygen atoms in total. The number of urea groups is 1. The Morgan fingerprint density at radius 3 is 2.55 bits per heavy atom. The number of piperidine rings is 1. The molecule has 2 aromatic carbocycles. The summed E-state index contributed by atoms with van der Waals surface area (Å²) in [5.41, 5.74) is 1.97. The Morgan fingerprint density at radius 1 is 1.16 bits per heavy atom. The summed E-state index contributed by atoms with van der Waals surface area (Å²) in [5, 5.41) is 13.2. The number of likely N-dealkylation sites (tertiary alicyclic amines) is 1. The van der Waals surface area contributed by atoms with Crippen LogP contribution in [0.15, 0.2) is 36.4 Å². The first-order valence-corrected chi connectivity index (χ1v) is 10.1. The molecule has 164 valence electrons. The number of hydrogen-bond acceptors (Lipinski definition) is 4. The van der Waals surface area contributed by atoms with Gasteiger partial charge in [-0.2, -0.15) is 0 Å². The summed E-state index contributed by atoms with van der Waals surface area (Å²) in [4.78, 5) is 28.1. The van der Waals surface area contributed by atoms with Crippen LogP contribution in [-0.2, 0) is 0 Å². The van der Waals surface area contributed by atoms with Crippen LogP contribution >= 0.6 is 0 Å². The number of carbonyl (C=O) groups excluding carboxylic acids is 2. The Balaban J connectivity index is 1.44. The van der Waals surface area contributed by atoms with Crippen LogP contribution in [0.5, 0.6) is 5.75 Å². The van der Waals surface area contributed by atoms with Crippen molar-refractivity contribution in [3.63, 3.8) is 0 Å². The van der Waals surface area contributed by atoms with Gasteiger partial charge in [-0.3, -0.25) is 9.69 Å². The fourth-order valence-corrected chi connectivity index (χ4v) is 3.92. The van der Waals surface area contributed by atoms with Gasteiger partial charge in [0.05, 0.1) is 6.54 Å². The lowest BCUT2D eigenvalue weighted by molar-refractivity contribution is -0.0200. The van der Waals surface area contributed by atoms with Gasteiger partial charge in [-0.25, -0.2) is 13.6 Å². The number of anilines is 1. The zero-order valence-electron chi connectivity index (χ0n) is 17.0. The zero-order valence-corrected chi connectivity index (χ0v) is 17.0. The first kappa shape index (κ1) is 21.0. The second-order valence-corrected chi connectivity index (χ2v) is 7.75. The maximum Gasteiger partial charge on any atom is 0.322 e. The number of aliphatic hydroxyl groups excluding tert-OH is 1. The average Bonchev–Trinajstić information content (AvgIpc) is 3.14. The maximum atomic E-state index is 13.4. The van der Waals surface area contributed by atoms with Gasteiger partial charge in [0.15, 0.2) is 0 Å². The van der Waals surface area contributed by atoms with Gasteiger partial charge in [-0.1, -0.05) is 6.07 Å². The van der Waals surface area contributed by atoms with Crippen LogP contribution in [0.4, 0.5) is 19.3 Å². The number of aliphatic hydroxyl groups is 1. The van der Waals surface area contributed by atoms with Gasteiger partial charge >= 0.3 is 6.03 Å². The number of rotatable bonds is 4. The molecule has 0 aromatic heterocycles. The van der Waals surface area contributed by atoms with E-state index >= 15 is 0 Å². The summed E-state index contributed by atoms with van der Waals surface area (Å²) in [6, 6.07) is 7.82. The summed E-state index contributed by atoms with van der Waals surface area (Å²) in [5.74, 6) is -1.80. The summed E-state index contributed by atoms with van der Waals surface area (Å²) in [6.07, 6.45) is -1.40. The van der Waals surface area contributed by atoms with Crippen molar-refractivity contribution in [2.24, 2.45) is 0 Å². The number of amides is 3. The SMILES string of the molecule is Cc1ccc(C(=O)N2CC[C@@H](Oc3cc(F)cc(F)c3)[C@H](O)C2)cc1N1CCNC1=O. The van der Waals surface area contributed by atoms with Crippen molar-refractivity contribution < 1.29 is 28.2 Å². The fraction of sp³-hybridized carbons (Fsp3) is 0.364. The Labute approximate surface area is 178 Å². The van der Waals surface area contributed by atoms with Crippen molar-refractivity contribution >= 4 is 17.6 Å². The van der Waals surface area contributed by atoms with Crippen LogP contribution in [-0.4, -0.2) is 60.3 Å². The number of nitrogens with one attached hydrogen (secondary N) is 1. The molecule has 4 rings (SSSR count). The number of β-amino-alcohol motifs (C(OH)–C–C–N with tert-alkyl or cyclic N) is 1. The number of ether oxygens (including phenoxy) is 1. The van der Waals surface area contributed by atoms with Gasteiger partial charge < -0.3 is 20.1 Å². The highest BCUT2D eigenvalue weighted by Crippen LogP contribution is 2.26. The Kier molecular flexibility index (Phi) is 5.77. The first-order chi connectivity index (χ1) is 14.8. The lowest BCUT2D eigenvalue weighted by atomic mass is 10.0. The maximum absolute atomic E-state index is 13.4. The zero-order chi connectivity index (χ0) is 22.1. The molecule has 0 aliphatic carbocycles. The van der Waals surface area contributed by atoms with E-state index in [1.807, 2.05) is 6.92 Å². The molecule has 0 spiro atoms. The highest BCUT2D eigenvalue weighted by atomic mass is 19.1. The van der Waals surface area contributed by atoms with E-state index < -0.39 is 23.8 Å². The Hall–Kier alpha value is -3.20. The number of carbonyl (C=O) groups is 2. The minimum Gasteiger partial charge on any atom is -0.487 e. The molecule has 2 heterocycles. The average molecular weight is 431 g/mol. The van der Waals surface area contributed by atoms with Crippen molar-refractivity contribution in [3.05, 3.63) is 59.2 Å². The van der Waals surface area contributed by atoms with Gasteiger partial charge in [-0.15, -0.1) is 0 Å². The van der Waals surface area contributed by atoms with E-state index in [1.54, 1.807) is 23.1 Å². The monoisotopic (exact) mass is 431 g/mol. The molecule has 2 atom stereocenters. The molecule has 2 saturated heterocycles. The molecule has 0 radical (unpaired) electrons. The molecular weight excluding hydrogens is 408 g/mol. The standard InChI is InChI=1S/C22H23F2N3O4/c1-13-2-3-14(8-18(13)27-7-5-25-22(27)30)21(29)26-6-4-20(19(28)12-26)31-17-10-15(23)9-16(24)11-17/h2-3,8-11,19-20,28H,4-7,12H2,1H3,(H,25,30)/t19-,20-/m1/s1. The van der Waals surface area contributed by atoms with Crippen LogP contribution in [0.25, 0.3) is 0 Å². The van der Waals surface area contributed by atoms with Gasteiger partial charge in [-0.05, 0) is 24.6 Å². The third-order valence-electron chi connectivity index (χ3n) is 5.53. The van der Waals surface area contributed by atoms with Gasteiger partial charge in [0.2, 0.25) is 0 Å². The van der Waals surface area contributed by atoms with E-state index in [-0.39, 0.29) is 24.2 Å². The van der Waals surface area contributed by atoms with Crippen LogP contribution in [0.1, 0.15) is 22.3 Å². The quantitative estimate of drug-likeness (QED) is 0.779. The number of halogens is 2. The number of aryl methyl sites for hydroxylation is 1. The molecule has 2 aromatic rings. The van der Waals surface area contributed by atoms with E-state index in [2.05, 4.69) is 5.32 Å². The summed E-state index contributed by atoms with van der Waals surface area (Å²) >= 11 is 0. The lowest BCUT2D eigenvalue weighted by Crippen LogP contribution is -2.51. The summed E-state index contributed by atoms with van der Waals surface area (Å²) in [6.45, 7) is 3.28. The van der Waals surface area contributed by atoms with Crippen LogP contribution in [0.3, 0.4) is 0 Å². The normalized spacial score (nSPS) is 21.2. The van der Waals surface area contributed by atoms with E-state index in [9.17, 15) is 23.5 Å². The molecular formula is C22H23F2N3O4. The minimum atomic E-state index is -1.02. The molecule has 9 heteroatoms. The molecule has 31 heavy (non-hydrogen) atoms. The smallest absolute Gasteiger partial charge is 0.322 e. The van der Waals surface area contributed by atoms with Crippen LogP contribution in [0, 0.1) is 18.6 Å². The molecule has 2 fully saturated rings. The largest absolute Gasteiger partial charge is 0.487 e. The second kappa shape index (κ2) is 8.50. The molecule has 0 saturated carbocycles. The first-order valence-electron chi connectivity index (χ1n) is 10.1. The fourth-order valence-electron chi connectivity index (χ4n) is 3.92. The van der Waals surface area contributed by atoms with Crippen molar-refractivity contribution in [3.8, 4) is 5.75 Å². The van der Waals surface area contributed by atoms with E-state index in [1.165, 1.54) is 4.90 Å². The molecule has 3 amide bonds. The number of benzene rings is 2. The van der Waals surface area contributed by atoms with Crippen molar-refractivity contribution in [2.75, 3.05) is 31.1 Å². The molecule has 0 bridgehead atoms. The topological polar surface area (TPSA) is 82.1 Å². The van der Waals surface area contributed by atoms with Crippen LogP contribution < -0.4 is 15.0 Å². The van der Waals surface area contributed by atoms with E-state index in [0.29, 0.717) is 37.3 Å². The van der Waals surface area contributed by atoms with Gasteiger partial charge in [0.25, 0.3) is 5.91 Å². The van der Waals surface area contributed by atoms with Gasteiger partial charge in [0, 0.05) is 55.5 Å². The van der Waals surface area contributed by atoms with Gasteiger partial charge in [0.1, 0.15) is 29.6 Å². The second-order valence-electron chi connectivity index (χ2n) is 7.75. The van der Waals surface area contributed by atoms with Crippen molar-refractivity contribution in [1.29, 1.82) is 0 Å². The van der Waals surface area contributed by atoms with E-state index in [4.69, 9.17) is 4.74 Å². The number of nitrogens with zero attached hydrogens (tertiary/aromatic N) is 2. The summed E-state index contributed by atoms with van der Waals surface area (Å²) in [7, 11) is 0. The minimum absolute atomic E-state index is 0.00612. The molecule has 2 aliphatic rings. The molecule has 2 aliphatic heterocycles. The molecule has 2 N–H and O–H groups in total. The number of hydrogen-bond donors (Lipinski definition) is 2.